The zero-order valence-electron chi connectivity index (χ0n) is 12.8. The van der Waals surface area contributed by atoms with E-state index in [0.717, 1.165) is 27.0 Å². The van der Waals surface area contributed by atoms with E-state index in [0.29, 0.717) is 5.01 Å². The monoisotopic (exact) mass is 396 g/mol. The minimum atomic E-state index is 0.270. The molecule has 4 nitrogen and oxygen atoms in total. The van der Waals surface area contributed by atoms with Crippen LogP contribution in [0.1, 0.15) is 10.6 Å². The van der Waals surface area contributed by atoms with E-state index in [9.17, 15) is 5.26 Å². The molecule has 1 N–H and O–H groups in total. The number of halogens is 1. The number of benzene rings is 2. The van der Waals surface area contributed by atoms with Gasteiger partial charge in [-0.1, -0.05) is 46.3 Å². The number of nitrogens with zero attached hydrogens (tertiary/aromatic N) is 3. The molecule has 0 aliphatic rings. The fourth-order valence-corrected chi connectivity index (χ4v) is 3.10. The van der Waals surface area contributed by atoms with E-state index in [1.54, 1.807) is 0 Å². The smallest absolute Gasteiger partial charge is 0.196 e. The highest BCUT2D eigenvalue weighted by Gasteiger charge is 2.10. The topological polar surface area (TPSA) is 61.1 Å². The van der Waals surface area contributed by atoms with Gasteiger partial charge in [0.1, 0.15) is 6.07 Å². The third-order valence-electron chi connectivity index (χ3n) is 3.39. The van der Waals surface area contributed by atoms with Crippen molar-refractivity contribution in [2.24, 2.45) is 5.10 Å². The number of thiazole rings is 1. The second kappa shape index (κ2) is 7.39. The number of nitrogens with one attached hydrogen (secondary N) is 1. The number of aromatic nitrogens is 1. The Labute approximate surface area is 152 Å². The SMILES string of the molecule is Cc1ccccc1NN=C(C#N)c1nc(-c2ccc(Br)cc2)cs1. The highest BCUT2D eigenvalue weighted by atomic mass is 79.9. The van der Waals surface area contributed by atoms with Gasteiger partial charge in [0.05, 0.1) is 11.4 Å². The summed E-state index contributed by atoms with van der Waals surface area (Å²) in [5.74, 6) is 0. The number of hydrogen-bond acceptors (Lipinski definition) is 5. The average Bonchev–Trinajstić information content (AvgIpc) is 3.07. The van der Waals surface area contributed by atoms with Crippen LogP contribution in [0.4, 0.5) is 5.69 Å². The molecule has 0 radical (unpaired) electrons. The molecule has 0 amide bonds. The number of para-hydroxylation sites is 1. The molecule has 0 spiro atoms. The van der Waals surface area contributed by atoms with Gasteiger partial charge in [0.2, 0.25) is 0 Å². The van der Waals surface area contributed by atoms with E-state index >= 15 is 0 Å². The fraction of sp³-hybridized carbons (Fsp3) is 0.0556. The average molecular weight is 397 g/mol. The van der Waals surface area contributed by atoms with Crippen molar-refractivity contribution in [3.05, 3.63) is 69.0 Å². The summed E-state index contributed by atoms with van der Waals surface area (Å²) < 4.78 is 1.02. The quantitative estimate of drug-likeness (QED) is 0.485. The molecule has 2 aromatic carbocycles. The van der Waals surface area contributed by atoms with Crippen molar-refractivity contribution in [1.82, 2.24) is 4.98 Å². The van der Waals surface area contributed by atoms with E-state index in [4.69, 9.17) is 0 Å². The van der Waals surface area contributed by atoms with E-state index in [-0.39, 0.29) is 5.71 Å². The van der Waals surface area contributed by atoms with Crippen molar-refractivity contribution in [3.8, 4) is 17.3 Å². The van der Waals surface area contributed by atoms with Gasteiger partial charge in [0.25, 0.3) is 0 Å². The van der Waals surface area contributed by atoms with Crippen LogP contribution < -0.4 is 5.43 Å². The van der Waals surface area contributed by atoms with Gasteiger partial charge in [0, 0.05) is 15.4 Å². The van der Waals surface area contributed by atoms with Crippen LogP contribution in [-0.2, 0) is 0 Å². The van der Waals surface area contributed by atoms with Crippen LogP contribution in [0.3, 0.4) is 0 Å². The van der Waals surface area contributed by atoms with E-state index in [2.05, 4.69) is 37.5 Å². The maximum absolute atomic E-state index is 9.38. The van der Waals surface area contributed by atoms with Crippen LogP contribution in [-0.4, -0.2) is 10.7 Å². The minimum absolute atomic E-state index is 0.270. The molecule has 0 aliphatic heterocycles. The first kappa shape index (κ1) is 16.4. The maximum Gasteiger partial charge on any atom is 0.196 e. The molecule has 0 aliphatic carbocycles. The van der Waals surface area contributed by atoms with Crippen LogP contribution in [0.2, 0.25) is 0 Å². The van der Waals surface area contributed by atoms with Gasteiger partial charge in [0.15, 0.2) is 10.7 Å². The van der Waals surface area contributed by atoms with E-state index in [1.165, 1.54) is 11.3 Å². The Morgan fingerprint density at radius 1 is 1.21 bits per heavy atom. The van der Waals surface area contributed by atoms with Gasteiger partial charge in [-0.25, -0.2) is 4.98 Å². The molecule has 118 valence electrons. The second-order valence-corrected chi connectivity index (χ2v) is 6.82. The number of hydrazone groups is 1. The third kappa shape index (κ3) is 3.70. The lowest BCUT2D eigenvalue weighted by Crippen LogP contribution is -2.02. The summed E-state index contributed by atoms with van der Waals surface area (Å²) in [5, 5.41) is 16.1. The van der Waals surface area contributed by atoms with E-state index in [1.807, 2.05) is 60.8 Å². The predicted molar refractivity (Wildman–Crippen MR) is 102 cm³/mol. The summed E-state index contributed by atoms with van der Waals surface area (Å²) in [6, 6.07) is 17.8. The number of anilines is 1. The second-order valence-electron chi connectivity index (χ2n) is 5.04. The molecule has 0 saturated heterocycles. The third-order valence-corrected chi connectivity index (χ3v) is 4.76. The number of aryl methyl sites for hydroxylation is 1. The highest BCUT2D eigenvalue weighted by Crippen LogP contribution is 2.24. The van der Waals surface area contributed by atoms with Gasteiger partial charge in [-0.15, -0.1) is 11.3 Å². The van der Waals surface area contributed by atoms with Gasteiger partial charge in [-0.05, 0) is 30.7 Å². The van der Waals surface area contributed by atoms with Crippen LogP contribution in [0.25, 0.3) is 11.3 Å². The van der Waals surface area contributed by atoms with Crippen LogP contribution in [0.5, 0.6) is 0 Å². The van der Waals surface area contributed by atoms with Gasteiger partial charge in [-0.3, -0.25) is 5.43 Å². The molecule has 1 heterocycles. The van der Waals surface area contributed by atoms with Crippen molar-refractivity contribution in [2.75, 3.05) is 5.43 Å². The lowest BCUT2D eigenvalue weighted by molar-refractivity contribution is 1.28. The minimum Gasteiger partial charge on any atom is -0.277 e. The van der Waals surface area contributed by atoms with Crippen LogP contribution in [0, 0.1) is 18.3 Å². The molecule has 3 rings (SSSR count). The number of rotatable bonds is 4. The van der Waals surface area contributed by atoms with Crippen molar-refractivity contribution >= 4 is 38.7 Å². The first-order valence-corrected chi connectivity index (χ1v) is 8.86. The predicted octanol–water partition coefficient (Wildman–Crippen LogP) is 5.22. The first-order valence-electron chi connectivity index (χ1n) is 7.18. The van der Waals surface area contributed by atoms with Gasteiger partial charge < -0.3 is 0 Å². The molecule has 24 heavy (non-hydrogen) atoms. The fourth-order valence-electron chi connectivity index (χ4n) is 2.07. The Morgan fingerprint density at radius 3 is 2.67 bits per heavy atom. The maximum atomic E-state index is 9.38. The van der Waals surface area contributed by atoms with Crippen molar-refractivity contribution in [1.29, 1.82) is 5.26 Å². The Morgan fingerprint density at radius 2 is 1.96 bits per heavy atom. The van der Waals surface area contributed by atoms with Crippen LogP contribution in [0.15, 0.2) is 63.5 Å². The zero-order valence-corrected chi connectivity index (χ0v) is 15.2. The largest absolute Gasteiger partial charge is 0.277 e. The molecule has 0 atom stereocenters. The van der Waals surface area contributed by atoms with Crippen molar-refractivity contribution in [3.63, 3.8) is 0 Å². The molecule has 3 aromatic rings. The summed E-state index contributed by atoms with van der Waals surface area (Å²) in [4.78, 5) is 4.53. The molecule has 0 unspecified atom stereocenters. The molecular weight excluding hydrogens is 384 g/mol. The number of nitriles is 1. The summed E-state index contributed by atoms with van der Waals surface area (Å²) in [7, 11) is 0. The van der Waals surface area contributed by atoms with Gasteiger partial charge in [-0.2, -0.15) is 10.4 Å². The van der Waals surface area contributed by atoms with Crippen molar-refractivity contribution < 1.29 is 0 Å². The summed E-state index contributed by atoms with van der Waals surface area (Å²) in [5.41, 5.74) is 6.99. The van der Waals surface area contributed by atoms with Crippen molar-refractivity contribution in [2.45, 2.75) is 6.92 Å². The highest BCUT2D eigenvalue weighted by molar-refractivity contribution is 9.10. The summed E-state index contributed by atoms with van der Waals surface area (Å²) >= 11 is 4.82. The Bertz CT molecular complexity index is 923. The Hall–Kier alpha value is -2.49. The molecule has 0 saturated carbocycles. The lowest BCUT2D eigenvalue weighted by Gasteiger charge is -2.03. The Balaban J connectivity index is 1.84. The van der Waals surface area contributed by atoms with Gasteiger partial charge >= 0.3 is 0 Å². The molecule has 6 heteroatoms. The standard InChI is InChI=1S/C18H13BrN4S/c1-12-4-2-3-5-15(12)22-23-16(10-20)18-21-17(11-24-18)13-6-8-14(19)9-7-13/h2-9,11,22H,1H3. The first-order chi connectivity index (χ1) is 11.7. The summed E-state index contributed by atoms with van der Waals surface area (Å²) in [6.07, 6.45) is 0. The molecular formula is C18H13BrN4S. The summed E-state index contributed by atoms with van der Waals surface area (Å²) in [6.45, 7) is 1.99. The van der Waals surface area contributed by atoms with Crippen LogP contribution >= 0.6 is 27.3 Å². The van der Waals surface area contributed by atoms with E-state index < -0.39 is 0 Å². The molecule has 0 fully saturated rings. The Kier molecular flexibility index (Phi) is 5.04. The zero-order chi connectivity index (χ0) is 16.9. The lowest BCUT2D eigenvalue weighted by atomic mass is 10.2. The molecule has 0 bridgehead atoms. The number of hydrogen-bond donors (Lipinski definition) is 1. The normalized spacial score (nSPS) is 11.1. The molecule has 1 aromatic heterocycles.